The second-order valence-corrected chi connectivity index (χ2v) is 2.91. The number of hydrogen-bond acceptors (Lipinski definition) is 3. The third kappa shape index (κ3) is 3.03. The van der Waals surface area contributed by atoms with Gasteiger partial charge in [-0.15, -0.1) is 0 Å². The molecule has 4 heteroatoms. The fourth-order valence-electron chi connectivity index (χ4n) is 0.882. The number of oxime groups is 1. The molecule has 0 aliphatic carbocycles. The van der Waals surface area contributed by atoms with Gasteiger partial charge in [0.2, 0.25) is 0 Å². The van der Waals surface area contributed by atoms with E-state index in [2.05, 4.69) is 5.16 Å². The van der Waals surface area contributed by atoms with Gasteiger partial charge in [0, 0.05) is 5.02 Å². The molecule has 0 saturated heterocycles. The third-order valence-corrected chi connectivity index (χ3v) is 1.86. The molecule has 14 heavy (non-hydrogen) atoms. The highest BCUT2D eigenvalue weighted by Crippen LogP contribution is 2.15. The standard InChI is InChI=1S/C10H8ClNO2/c11-10-4-2-1-3-8(10)5-6-9(13)7-12-14/h1-7,14H. The average molecular weight is 210 g/mol. The summed E-state index contributed by atoms with van der Waals surface area (Å²) in [5.74, 6) is -0.396. The Morgan fingerprint density at radius 1 is 1.43 bits per heavy atom. The number of hydrogen-bond donors (Lipinski definition) is 1. The van der Waals surface area contributed by atoms with E-state index in [4.69, 9.17) is 16.8 Å². The Bertz CT molecular complexity index is 385. The Kier molecular flexibility index (Phi) is 3.88. The van der Waals surface area contributed by atoms with E-state index in [1.54, 1.807) is 24.3 Å². The molecule has 0 unspecified atom stereocenters. The van der Waals surface area contributed by atoms with Crippen LogP contribution in [-0.2, 0) is 4.79 Å². The maximum Gasteiger partial charge on any atom is 0.200 e. The van der Waals surface area contributed by atoms with Gasteiger partial charge in [-0.3, -0.25) is 4.79 Å². The van der Waals surface area contributed by atoms with Crippen molar-refractivity contribution in [2.75, 3.05) is 0 Å². The van der Waals surface area contributed by atoms with Gasteiger partial charge in [-0.2, -0.15) is 0 Å². The van der Waals surface area contributed by atoms with Crippen molar-refractivity contribution in [3.63, 3.8) is 0 Å². The maximum atomic E-state index is 10.9. The van der Waals surface area contributed by atoms with Crippen LogP contribution in [0.1, 0.15) is 5.56 Å². The summed E-state index contributed by atoms with van der Waals surface area (Å²) < 4.78 is 0. The zero-order chi connectivity index (χ0) is 10.4. The minimum atomic E-state index is -0.396. The van der Waals surface area contributed by atoms with Gasteiger partial charge in [-0.25, -0.2) is 0 Å². The lowest BCUT2D eigenvalue weighted by molar-refractivity contribution is -0.108. The first-order valence-corrected chi connectivity index (χ1v) is 4.26. The minimum Gasteiger partial charge on any atom is -0.411 e. The summed E-state index contributed by atoms with van der Waals surface area (Å²) >= 11 is 5.84. The molecule has 72 valence electrons. The van der Waals surface area contributed by atoms with Gasteiger partial charge < -0.3 is 5.21 Å². The summed E-state index contributed by atoms with van der Waals surface area (Å²) in [5.41, 5.74) is 0.744. The fourth-order valence-corrected chi connectivity index (χ4v) is 1.08. The molecular weight excluding hydrogens is 202 g/mol. The summed E-state index contributed by atoms with van der Waals surface area (Å²) in [7, 11) is 0. The van der Waals surface area contributed by atoms with E-state index in [0.717, 1.165) is 11.8 Å². The van der Waals surface area contributed by atoms with Crippen LogP contribution in [0.25, 0.3) is 6.08 Å². The maximum absolute atomic E-state index is 10.9. The van der Waals surface area contributed by atoms with Crippen LogP contribution in [0.5, 0.6) is 0 Å². The van der Waals surface area contributed by atoms with E-state index in [1.165, 1.54) is 6.08 Å². The SMILES string of the molecule is O=C(C=Cc1ccccc1Cl)C=NO. The first kappa shape index (κ1) is 10.5. The van der Waals surface area contributed by atoms with Gasteiger partial charge in [-0.05, 0) is 23.8 Å². The molecule has 0 amide bonds. The molecule has 0 aliphatic heterocycles. The molecular formula is C10H8ClNO2. The molecule has 1 aromatic carbocycles. The molecule has 0 atom stereocenters. The average Bonchev–Trinajstić information content (AvgIpc) is 2.17. The van der Waals surface area contributed by atoms with Crippen molar-refractivity contribution < 1.29 is 10.0 Å². The summed E-state index contributed by atoms with van der Waals surface area (Å²) in [6.45, 7) is 0. The van der Waals surface area contributed by atoms with Crippen LogP contribution in [0.2, 0.25) is 5.02 Å². The van der Waals surface area contributed by atoms with E-state index in [1.807, 2.05) is 6.07 Å². The second-order valence-electron chi connectivity index (χ2n) is 2.50. The topological polar surface area (TPSA) is 49.7 Å². The molecule has 1 aromatic rings. The van der Waals surface area contributed by atoms with Gasteiger partial charge in [-0.1, -0.05) is 35.0 Å². The molecule has 3 nitrogen and oxygen atoms in total. The van der Waals surface area contributed by atoms with Gasteiger partial charge in [0.25, 0.3) is 0 Å². The lowest BCUT2D eigenvalue weighted by Gasteiger charge is -1.94. The quantitative estimate of drug-likeness (QED) is 0.360. The third-order valence-electron chi connectivity index (χ3n) is 1.52. The van der Waals surface area contributed by atoms with E-state index < -0.39 is 5.78 Å². The molecule has 0 heterocycles. The number of nitrogens with zero attached hydrogens (tertiary/aromatic N) is 1. The smallest absolute Gasteiger partial charge is 0.200 e. The Morgan fingerprint density at radius 3 is 2.79 bits per heavy atom. The largest absolute Gasteiger partial charge is 0.411 e. The number of allylic oxidation sites excluding steroid dienone is 1. The molecule has 0 saturated carbocycles. The van der Waals surface area contributed by atoms with Crippen LogP contribution >= 0.6 is 11.6 Å². The summed E-state index contributed by atoms with van der Waals surface area (Å²) in [6.07, 6.45) is 3.65. The molecule has 0 spiro atoms. The summed E-state index contributed by atoms with van der Waals surface area (Å²) in [4.78, 5) is 10.9. The van der Waals surface area contributed by atoms with E-state index in [-0.39, 0.29) is 0 Å². The van der Waals surface area contributed by atoms with Crippen molar-refractivity contribution in [3.05, 3.63) is 40.9 Å². The van der Waals surface area contributed by atoms with Crippen molar-refractivity contribution in [1.29, 1.82) is 0 Å². The van der Waals surface area contributed by atoms with Crippen LogP contribution in [-0.4, -0.2) is 17.2 Å². The van der Waals surface area contributed by atoms with Crippen molar-refractivity contribution in [2.45, 2.75) is 0 Å². The molecule has 1 N–H and O–H groups in total. The monoisotopic (exact) mass is 209 g/mol. The molecule has 1 rings (SSSR count). The van der Waals surface area contributed by atoms with Gasteiger partial charge >= 0.3 is 0 Å². The van der Waals surface area contributed by atoms with Crippen molar-refractivity contribution >= 4 is 29.7 Å². The number of halogens is 1. The minimum absolute atomic E-state index is 0.396. The van der Waals surface area contributed by atoms with Crippen LogP contribution in [0, 0.1) is 0 Å². The van der Waals surface area contributed by atoms with Crippen molar-refractivity contribution in [1.82, 2.24) is 0 Å². The molecule has 0 fully saturated rings. The number of rotatable bonds is 3. The molecule has 0 aromatic heterocycles. The van der Waals surface area contributed by atoms with Gasteiger partial charge in [0.1, 0.15) is 6.21 Å². The predicted molar refractivity (Wildman–Crippen MR) is 55.8 cm³/mol. The van der Waals surface area contributed by atoms with E-state index in [9.17, 15) is 4.79 Å². The van der Waals surface area contributed by atoms with Crippen molar-refractivity contribution in [2.24, 2.45) is 5.16 Å². The lowest BCUT2D eigenvalue weighted by Crippen LogP contribution is -1.92. The number of benzene rings is 1. The van der Waals surface area contributed by atoms with Gasteiger partial charge in [0.05, 0.1) is 0 Å². The first-order valence-electron chi connectivity index (χ1n) is 3.88. The fraction of sp³-hybridized carbons (Fsp3) is 0. The Labute approximate surface area is 86.3 Å². The predicted octanol–water partition coefficient (Wildman–Crippen LogP) is 2.38. The summed E-state index contributed by atoms with van der Waals surface area (Å²) in [5, 5.41) is 11.3. The lowest BCUT2D eigenvalue weighted by atomic mass is 10.2. The highest BCUT2D eigenvalue weighted by atomic mass is 35.5. The highest BCUT2D eigenvalue weighted by Gasteiger charge is 1.94. The Morgan fingerprint density at radius 2 is 2.14 bits per heavy atom. The van der Waals surface area contributed by atoms with Crippen molar-refractivity contribution in [3.8, 4) is 0 Å². The van der Waals surface area contributed by atoms with Crippen LogP contribution in [0.3, 0.4) is 0 Å². The normalized spacial score (nSPS) is 11.2. The number of carbonyl (C=O) groups is 1. The zero-order valence-corrected chi connectivity index (χ0v) is 7.98. The van der Waals surface area contributed by atoms with E-state index in [0.29, 0.717) is 5.02 Å². The van der Waals surface area contributed by atoms with Crippen LogP contribution < -0.4 is 0 Å². The number of carbonyl (C=O) groups excluding carboxylic acids is 1. The van der Waals surface area contributed by atoms with E-state index >= 15 is 0 Å². The van der Waals surface area contributed by atoms with Gasteiger partial charge in [0.15, 0.2) is 5.78 Å². The summed E-state index contributed by atoms with van der Waals surface area (Å²) in [6, 6.07) is 7.13. The molecule has 0 bridgehead atoms. The van der Waals surface area contributed by atoms with Crippen LogP contribution in [0.15, 0.2) is 35.5 Å². The Hall–Kier alpha value is -1.61. The highest BCUT2D eigenvalue weighted by molar-refractivity contribution is 6.34. The molecule has 0 aliphatic rings. The Balaban J connectivity index is 2.79. The first-order chi connectivity index (χ1) is 6.74. The zero-order valence-electron chi connectivity index (χ0n) is 7.22. The van der Waals surface area contributed by atoms with Crippen LogP contribution in [0.4, 0.5) is 0 Å². The number of ketones is 1. The second kappa shape index (κ2) is 5.19. The molecule has 0 radical (unpaired) electrons.